The van der Waals surface area contributed by atoms with Gasteiger partial charge in [0.25, 0.3) is 5.56 Å². The fraction of sp³-hybridized carbons (Fsp3) is 0.368. The van der Waals surface area contributed by atoms with Crippen molar-refractivity contribution in [1.29, 1.82) is 0 Å². The molecule has 0 fully saturated rings. The smallest absolute Gasteiger partial charge is 0.257 e. The van der Waals surface area contributed by atoms with E-state index in [9.17, 15) is 14.4 Å². The Morgan fingerprint density at radius 2 is 1.89 bits per heavy atom. The lowest BCUT2D eigenvalue weighted by Crippen LogP contribution is -2.30. The molecule has 2 heterocycles. The first-order valence-corrected chi connectivity index (χ1v) is 9.94. The average molecular weight is 384 g/mol. The number of aryl methyl sites for hydroxylation is 1. The zero-order chi connectivity index (χ0) is 19.0. The maximum Gasteiger partial charge on any atom is 0.257 e. The van der Waals surface area contributed by atoms with Crippen LogP contribution in [0.3, 0.4) is 0 Å². The van der Waals surface area contributed by atoms with E-state index in [0.717, 1.165) is 35.7 Å². The molecule has 1 aliphatic heterocycles. The Morgan fingerprint density at radius 1 is 1.19 bits per heavy atom. The fourth-order valence-electron chi connectivity index (χ4n) is 3.57. The highest BCUT2D eigenvalue weighted by Gasteiger charge is 2.31. The standard InChI is InChI=1S/C19H20N4O3S/c1-11(24)20-12-5-7-13(8-6-12)21-17(25)9-14-10-27-19-22-16-4-2-3-15(16)18(26)23(14)19/h5-8,14H,2-4,9-10H2,1H3,(H,20,24)(H,21,25). The Hall–Kier alpha value is -2.61. The molecule has 2 aromatic rings. The maximum atomic E-state index is 12.8. The number of rotatable bonds is 4. The molecule has 1 unspecified atom stereocenters. The highest BCUT2D eigenvalue weighted by molar-refractivity contribution is 7.99. The molecule has 7 nitrogen and oxygen atoms in total. The summed E-state index contributed by atoms with van der Waals surface area (Å²) in [7, 11) is 0. The van der Waals surface area contributed by atoms with Crippen molar-refractivity contribution < 1.29 is 9.59 Å². The summed E-state index contributed by atoms with van der Waals surface area (Å²) in [6.45, 7) is 1.44. The monoisotopic (exact) mass is 384 g/mol. The first-order valence-electron chi connectivity index (χ1n) is 8.96. The number of aromatic nitrogens is 2. The molecule has 4 rings (SSSR count). The summed E-state index contributed by atoms with van der Waals surface area (Å²) in [4.78, 5) is 40.9. The van der Waals surface area contributed by atoms with Crippen LogP contribution in [0.4, 0.5) is 11.4 Å². The minimum atomic E-state index is -0.172. The molecule has 2 N–H and O–H groups in total. The van der Waals surface area contributed by atoms with Crippen LogP contribution in [0.25, 0.3) is 0 Å². The third-order valence-electron chi connectivity index (χ3n) is 4.78. The van der Waals surface area contributed by atoms with Crippen LogP contribution >= 0.6 is 11.8 Å². The number of fused-ring (bicyclic) bond motifs is 2. The lowest BCUT2D eigenvalue weighted by molar-refractivity contribution is -0.117. The van der Waals surface area contributed by atoms with E-state index in [1.54, 1.807) is 40.6 Å². The second-order valence-electron chi connectivity index (χ2n) is 6.82. The molecule has 8 heteroatoms. The fourth-order valence-corrected chi connectivity index (χ4v) is 4.72. The first-order chi connectivity index (χ1) is 13.0. The topological polar surface area (TPSA) is 93.1 Å². The molecular formula is C19H20N4O3S. The second-order valence-corrected chi connectivity index (χ2v) is 7.81. The third-order valence-corrected chi connectivity index (χ3v) is 5.88. The van der Waals surface area contributed by atoms with E-state index in [1.165, 1.54) is 6.92 Å². The zero-order valence-electron chi connectivity index (χ0n) is 14.9. The number of anilines is 2. The Morgan fingerprint density at radius 3 is 2.59 bits per heavy atom. The van der Waals surface area contributed by atoms with Crippen LogP contribution in [-0.2, 0) is 22.4 Å². The number of carbonyl (C=O) groups excluding carboxylic acids is 2. The number of amides is 2. The summed E-state index contributed by atoms with van der Waals surface area (Å²) in [5.74, 6) is 0.392. The molecule has 1 aliphatic carbocycles. The van der Waals surface area contributed by atoms with Gasteiger partial charge >= 0.3 is 0 Å². The van der Waals surface area contributed by atoms with Crippen molar-refractivity contribution in [2.75, 3.05) is 16.4 Å². The van der Waals surface area contributed by atoms with Crippen LogP contribution < -0.4 is 16.2 Å². The SMILES string of the molecule is CC(=O)Nc1ccc(NC(=O)CC2CSc3nc4c(c(=O)n32)CCC4)cc1. The first kappa shape index (κ1) is 17.8. The van der Waals surface area contributed by atoms with Gasteiger partial charge in [-0.1, -0.05) is 11.8 Å². The van der Waals surface area contributed by atoms with Crippen LogP contribution in [0.5, 0.6) is 0 Å². The number of hydrogen-bond donors (Lipinski definition) is 2. The highest BCUT2D eigenvalue weighted by atomic mass is 32.2. The van der Waals surface area contributed by atoms with Crippen LogP contribution in [-0.4, -0.2) is 27.1 Å². The highest BCUT2D eigenvalue weighted by Crippen LogP contribution is 2.34. The van der Waals surface area contributed by atoms with E-state index in [-0.39, 0.29) is 29.8 Å². The van der Waals surface area contributed by atoms with Gasteiger partial charge in [0.1, 0.15) is 0 Å². The van der Waals surface area contributed by atoms with E-state index in [4.69, 9.17) is 0 Å². The number of nitrogens with zero attached hydrogens (tertiary/aromatic N) is 2. The Kier molecular flexibility index (Phi) is 4.73. The van der Waals surface area contributed by atoms with Gasteiger partial charge in [-0.3, -0.25) is 19.0 Å². The molecule has 0 saturated carbocycles. The van der Waals surface area contributed by atoms with E-state index in [2.05, 4.69) is 15.6 Å². The van der Waals surface area contributed by atoms with Gasteiger partial charge in [-0.15, -0.1) is 0 Å². The lowest BCUT2D eigenvalue weighted by atomic mass is 10.2. The van der Waals surface area contributed by atoms with Gasteiger partial charge < -0.3 is 10.6 Å². The number of thioether (sulfide) groups is 1. The molecule has 2 aliphatic rings. The molecule has 27 heavy (non-hydrogen) atoms. The number of nitrogens with one attached hydrogen (secondary N) is 2. The summed E-state index contributed by atoms with van der Waals surface area (Å²) < 4.78 is 1.70. The van der Waals surface area contributed by atoms with Crippen LogP contribution in [0.15, 0.2) is 34.2 Å². The predicted octanol–water partition coefficient (Wildman–Crippen LogP) is 2.37. The molecule has 2 amide bonds. The van der Waals surface area contributed by atoms with Crippen molar-refractivity contribution in [3.63, 3.8) is 0 Å². The van der Waals surface area contributed by atoms with Crippen LogP contribution in [0.2, 0.25) is 0 Å². The summed E-state index contributed by atoms with van der Waals surface area (Å²) in [5, 5.41) is 6.27. The summed E-state index contributed by atoms with van der Waals surface area (Å²) >= 11 is 1.54. The summed E-state index contributed by atoms with van der Waals surface area (Å²) in [6, 6.07) is 6.77. The summed E-state index contributed by atoms with van der Waals surface area (Å²) in [6.07, 6.45) is 2.86. The van der Waals surface area contributed by atoms with Crippen molar-refractivity contribution in [3.8, 4) is 0 Å². The molecule has 1 aromatic carbocycles. The third kappa shape index (κ3) is 3.62. The number of hydrogen-bond acceptors (Lipinski definition) is 5. The minimum Gasteiger partial charge on any atom is -0.326 e. The molecule has 140 valence electrons. The molecule has 1 atom stereocenters. The van der Waals surface area contributed by atoms with Gasteiger partial charge in [0.2, 0.25) is 11.8 Å². The molecule has 0 radical (unpaired) electrons. The number of carbonyl (C=O) groups is 2. The molecule has 1 aromatic heterocycles. The average Bonchev–Trinajstić information content (AvgIpc) is 3.24. The predicted molar refractivity (Wildman–Crippen MR) is 104 cm³/mol. The van der Waals surface area contributed by atoms with E-state index in [1.807, 2.05) is 0 Å². The van der Waals surface area contributed by atoms with Crippen molar-refractivity contribution >= 4 is 35.0 Å². The molecule has 0 bridgehead atoms. The van der Waals surface area contributed by atoms with E-state index >= 15 is 0 Å². The van der Waals surface area contributed by atoms with E-state index < -0.39 is 0 Å². The quantitative estimate of drug-likeness (QED) is 0.790. The largest absolute Gasteiger partial charge is 0.326 e. The molecule has 0 spiro atoms. The molecule has 0 saturated heterocycles. The van der Waals surface area contributed by atoms with Crippen molar-refractivity contribution in [3.05, 3.63) is 45.9 Å². The van der Waals surface area contributed by atoms with Gasteiger partial charge in [-0.2, -0.15) is 0 Å². The Labute approximate surface area is 160 Å². The lowest BCUT2D eigenvalue weighted by Gasteiger charge is -2.14. The van der Waals surface area contributed by atoms with Crippen molar-refractivity contribution in [1.82, 2.24) is 9.55 Å². The normalized spacial score (nSPS) is 17.3. The van der Waals surface area contributed by atoms with Crippen molar-refractivity contribution in [2.45, 2.75) is 43.8 Å². The van der Waals surface area contributed by atoms with Gasteiger partial charge in [0.05, 0.1) is 11.7 Å². The van der Waals surface area contributed by atoms with Crippen LogP contribution in [0, 0.1) is 0 Å². The Balaban J connectivity index is 1.45. The number of benzene rings is 1. The minimum absolute atomic E-state index is 0.0231. The van der Waals surface area contributed by atoms with Gasteiger partial charge in [0.15, 0.2) is 5.16 Å². The maximum absolute atomic E-state index is 12.8. The van der Waals surface area contributed by atoms with Crippen molar-refractivity contribution in [2.24, 2.45) is 0 Å². The second kappa shape index (κ2) is 7.19. The van der Waals surface area contributed by atoms with E-state index in [0.29, 0.717) is 17.1 Å². The van der Waals surface area contributed by atoms with Gasteiger partial charge in [-0.05, 0) is 43.5 Å². The summed E-state index contributed by atoms with van der Waals surface area (Å²) in [5.41, 5.74) is 3.10. The zero-order valence-corrected chi connectivity index (χ0v) is 15.8. The van der Waals surface area contributed by atoms with Gasteiger partial charge in [0, 0.05) is 36.0 Å². The van der Waals surface area contributed by atoms with Crippen LogP contribution in [0.1, 0.15) is 37.1 Å². The Bertz CT molecular complexity index is 968. The van der Waals surface area contributed by atoms with Gasteiger partial charge in [-0.25, -0.2) is 4.98 Å². The molecular weight excluding hydrogens is 364 g/mol.